The van der Waals surface area contributed by atoms with Gasteiger partial charge in [-0.25, -0.2) is 0 Å². The van der Waals surface area contributed by atoms with Crippen LogP contribution < -0.4 is 0 Å². The van der Waals surface area contributed by atoms with Gasteiger partial charge < -0.3 is 5.11 Å². The third-order valence-electron chi connectivity index (χ3n) is 0.789. The molecule has 0 bridgehead atoms. The van der Waals surface area contributed by atoms with Crippen molar-refractivity contribution < 1.29 is 9.90 Å². The molecule has 3 heteroatoms. The molecule has 0 spiro atoms. The first-order valence-electron chi connectivity index (χ1n) is 2.31. The molecule has 0 saturated heterocycles. The van der Waals surface area contributed by atoms with Gasteiger partial charge in [0.25, 0.3) is 0 Å². The van der Waals surface area contributed by atoms with E-state index < -0.39 is 5.97 Å². The van der Waals surface area contributed by atoms with Crippen molar-refractivity contribution in [2.75, 3.05) is 7.05 Å². The molecule has 0 aliphatic carbocycles. The lowest BCUT2D eigenvalue weighted by Crippen LogP contribution is -2.01. The zero-order valence-electron chi connectivity index (χ0n) is 5.01. The number of carboxylic acids is 1. The van der Waals surface area contributed by atoms with Crippen LogP contribution in [-0.2, 0) is 4.79 Å². The van der Waals surface area contributed by atoms with E-state index in [0.717, 1.165) is 0 Å². The van der Waals surface area contributed by atoms with E-state index in [1.807, 2.05) is 0 Å². The molecule has 0 amide bonds. The number of hydrogen-bond acceptors (Lipinski definition) is 2. The van der Waals surface area contributed by atoms with Crippen molar-refractivity contribution in [2.24, 2.45) is 4.99 Å². The number of nitrogens with zero attached hydrogens (tertiary/aromatic N) is 1. The molecule has 0 rings (SSSR count). The molecule has 0 fully saturated rings. The molecule has 0 aromatic carbocycles. The molecule has 0 aromatic heterocycles. The fourth-order valence-electron chi connectivity index (χ4n) is 0.298. The number of carboxylic acid groups (broad SMARTS) is 1. The topological polar surface area (TPSA) is 49.7 Å². The van der Waals surface area contributed by atoms with Gasteiger partial charge in [-0.3, -0.25) is 9.79 Å². The predicted octanol–water partition coefficient (Wildman–Crippen LogP) is 0.552. The molecule has 0 aliphatic rings. The lowest BCUT2D eigenvalue weighted by atomic mass is 10.3. The Morgan fingerprint density at radius 1 is 1.75 bits per heavy atom. The Morgan fingerprint density at radius 3 is 2.38 bits per heavy atom. The first kappa shape index (κ1) is 7.14. The van der Waals surface area contributed by atoms with Gasteiger partial charge in [0.05, 0.1) is 6.42 Å². The molecule has 1 N–H and O–H groups in total. The Balaban J connectivity index is 3.56. The van der Waals surface area contributed by atoms with E-state index in [9.17, 15) is 4.79 Å². The summed E-state index contributed by atoms with van der Waals surface area (Å²) in [6, 6.07) is 0. The first-order valence-corrected chi connectivity index (χ1v) is 2.31. The zero-order chi connectivity index (χ0) is 6.57. The summed E-state index contributed by atoms with van der Waals surface area (Å²) < 4.78 is 0. The van der Waals surface area contributed by atoms with Crippen LogP contribution in [0.2, 0.25) is 0 Å². The van der Waals surface area contributed by atoms with Gasteiger partial charge in [-0.05, 0) is 6.92 Å². The standard InChI is InChI=1S/C5H9NO2/c1-4(6-2)3-5(7)8/h3H2,1-2H3,(H,7,8). The minimum atomic E-state index is -0.826. The summed E-state index contributed by atoms with van der Waals surface area (Å²) in [6.07, 6.45) is 0.0521. The molecule has 46 valence electrons. The van der Waals surface area contributed by atoms with Gasteiger partial charge in [-0.1, -0.05) is 0 Å². The quantitative estimate of drug-likeness (QED) is 0.534. The Morgan fingerprint density at radius 2 is 2.25 bits per heavy atom. The molecule has 0 unspecified atom stereocenters. The van der Waals surface area contributed by atoms with Gasteiger partial charge in [0.2, 0.25) is 0 Å². The maximum atomic E-state index is 9.89. The molecule has 0 radical (unpaired) electrons. The van der Waals surface area contributed by atoms with Crippen LogP contribution in [0, 0.1) is 0 Å². The largest absolute Gasteiger partial charge is 0.481 e. The second-order valence-corrected chi connectivity index (χ2v) is 1.53. The Hall–Kier alpha value is -0.860. The molecule has 0 heterocycles. The normalized spacial score (nSPS) is 11.5. The highest BCUT2D eigenvalue weighted by molar-refractivity contribution is 5.96. The molecule has 0 saturated carbocycles. The highest BCUT2D eigenvalue weighted by atomic mass is 16.4. The van der Waals surface area contributed by atoms with Gasteiger partial charge in [0, 0.05) is 12.8 Å². The van der Waals surface area contributed by atoms with Crippen LogP contribution in [0.1, 0.15) is 13.3 Å². The van der Waals surface area contributed by atoms with Crippen LogP contribution in [0.4, 0.5) is 0 Å². The second-order valence-electron chi connectivity index (χ2n) is 1.53. The molecule has 0 atom stereocenters. The highest BCUT2D eigenvalue weighted by Crippen LogP contribution is 1.82. The summed E-state index contributed by atoms with van der Waals surface area (Å²) in [7, 11) is 1.58. The van der Waals surface area contributed by atoms with E-state index >= 15 is 0 Å². The van der Waals surface area contributed by atoms with Gasteiger partial charge in [0.1, 0.15) is 0 Å². The van der Waals surface area contributed by atoms with E-state index in [1.165, 1.54) is 0 Å². The van der Waals surface area contributed by atoms with E-state index in [-0.39, 0.29) is 6.42 Å². The lowest BCUT2D eigenvalue weighted by Gasteiger charge is -1.88. The van der Waals surface area contributed by atoms with Gasteiger partial charge in [0.15, 0.2) is 0 Å². The van der Waals surface area contributed by atoms with Crippen molar-refractivity contribution >= 4 is 11.7 Å². The summed E-state index contributed by atoms with van der Waals surface area (Å²) in [5.41, 5.74) is 0.650. The number of rotatable bonds is 2. The van der Waals surface area contributed by atoms with Crippen LogP contribution in [0.3, 0.4) is 0 Å². The summed E-state index contributed by atoms with van der Waals surface area (Å²) in [5.74, 6) is -0.826. The Labute approximate surface area is 48.1 Å². The smallest absolute Gasteiger partial charge is 0.309 e. The highest BCUT2D eigenvalue weighted by Gasteiger charge is 1.96. The maximum Gasteiger partial charge on any atom is 0.309 e. The fraction of sp³-hybridized carbons (Fsp3) is 0.600. The molecule has 0 aliphatic heterocycles. The number of carbonyl (C=O) groups is 1. The van der Waals surface area contributed by atoms with Crippen molar-refractivity contribution in [1.29, 1.82) is 0 Å². The van der Waals surface area contributed by atoms with E-state index in [1.54, 1.807) is 14.0 Å². The number of aliphatic carboxylic acids is 1. The number of aliphatic imine (C=N–C) groups is 1. The average molecular weight is 115 g/mol. The predicted molar refractivity (Wildman–Crippen MR) is 31.3 cm³/mol. The zero-order valence-corrected chi connectivity index (χ0v) is 5.01. The van der Waals surface area contributed by atoms with Crippen molar-refractivity contribution in [3.63, 3.8) is 0 Å². The van der Waals surface area contributed by atoms with Crippen LogP contribution in [-0.4, -0.2) is 23.8 Å². The molecule has 8 heavy (non-hydrogen) atoms. The minimum absolute atomic E-state index is 0.0521. The van der Waals surface area contributed by atoms with Crippen molar-refractivity contribution in [1.82, 2.24) is 0 Å². The van der Waals surface area contributed by atoms with E-state index in [4.69, 9.17) is 5.11 Å². The maximum absolute atomic E-state index is 9.89. The van der Waals surface area contributed by atoms with Crippen LogP contribution in [0.15, 0.2) is 4.99 Å². The molecular weight excluding hydrogens is 106 g/mol. The molecule has 3 nitrogen and oxygen atoms in total. The van der Waals surface area contributed by atoms with E-state index in [2.05, 4.69) is 4.99 Å². The number of hydrogen-bond donors (Lipinski definition) is 1. The Kier molecular flexibility index (Phi) is 2.84. The molecular formula is C5H9NO2. The molecule has 0 aromatic rings. The summed E-state index contributed by atoms with van der Waals surface area (Å²) in [4.78, 5) is 13.6. The summed E-state index contributed by atoms with van der Waals surface area (Å²) >= 11 is 0. The van der Waals surface area contributed by atoms with Gasteiger partial charge in [-0.15, -0.1) is 0 Å². The lowest BCUT2D eigenvalue weighted by molar-refractivity contribution is -0.135. The van der Waals surface area contributed by atoms with Crippen molar-refractivity contribution in [2.45, 2.75) is 13.3 Å². The summed E-state index contributed by atoms with van der Waals surface area (Å²) in [6.45, 7) is 1.69. The summed E-state index contributed by atoms with van der Waals surface area (Å²) in [5, 5.41) is 8.13. The van der Waals surface area contributed by atoms with Crippen molar-refractivity contribution in [3.8, 4) is 0 Å². The third kappa shape index (κ3) is 3.33. The minimum Gasteiger partial charge on any atom is -0.481 e. The fourth-order valence-corrected chi connectivity index (χ4v) is 0.298. The van der Waals surface area contributed by atoms with E-state index in [0.29, 0.717) is 5.71 Å². The first-order chi connectivity index (χ1) is 3.66. The van der Waals surface area contributed by atoms with Crippen molar-refractivity contribution in [3.05, 3.63) is 0 Å². The Bertz CT molecular complexity index is 118. The van der Waals surface area contributed by atoms with Crippen LogP contribution >= 0.6 is 0 Å². The SMILES string of the molecule is CN=C(C)CC(=O)O. The third-order valence-corrected chi connectivity index (χ3v) is 0.789. The van der Waals surface area contributed by atoms with Gasteiger partial charge >= 0.3 is 5.97 Å². The van der Waals surface area contributed by atoms with Gasteiger partial charge in [-0.2, -0.15) is 0 Å². The average Bonchev–Trinajstić information content (AvgIpc) is 1.65. The van der Waals surface area contributed by atoms with Crippen LogP contribution in [0.5, 0.6) is 0 Å². The second kappa shape index (κ2) is 3.18. The monoisotopic (exact) mass is 115 g/mol. The van der Waals surface area contributed by atoms with Crippen LogP contribution in [0.25, 0.3) is 0 Å².